The minimum absolute atomic E-state index is 0.102. The Morgan fingerprint density at radius 1 is 1.12 bits per heavy atom. The van der Waals surface area contributed by atoms with E-state index >= 15 is 0 Å². The number of hydrogen-bond acceptors (Lipinski definition) is 5. The number of carbonyl (C=O) groups excluding carboxylic acids is 1. The zero-order valence-electron chi connectivity index (χ0n) is 14.3. The van der Waals surface area contributed by atoms with Crippen molar-refractivity contribution in [2.24, 2.45) is 0 Å². The average Bonchev–Trinajstić information content (AvgIpc) is 2.62. The molecule has 25 heavy (non-hydrogen) atoms. The molecular weight excluding hydrogens is 334 g/mol. The van der Waals surface area contributed by atoms with Crippen LogP contribution in [0.5, 0.6) is 5.75 Å². The van der Waals surface area contributed by atoms with E-state index in [2.05, 4.69) is 15.3 Å². The molecule has 5 nitrogen and oxygen atoms in total. The van der Waals surface area contributed by atoms with Gasteiger partial charge < -0.3 is 10.1 Å². The maximum atomic E-state index is 12.6. The monoisotopic (exact) mass is 353 g/mol. The predicted molar refractivity (Wildman–Crippen MR) is 101 cm³/mol. The normalized spacial score (nSPS) is 12.0. The molecule has 1 unspecified atom stereocenters. The van der Waals surface area contributed by atoms with Gasteiger partial charge in [-0.05, 0) is 32.0 Å². The van der Waals surface area contributed by atoms with Crippen LogP contribution < -0.4 is 10.1 Å². The molecule has 0 radical (unpaired) electrons. The number of carbonyl (C=O) groups is 1. The third-order valence-electron chi connectivity index (χ3n) is 3.70. The summed E-state index contributed by atoms with van der Waals surface area (Å²) in [4.78, 5) is 21.5. The molecule has 128 valence electrons. The van der Waals surface area contributed by atoms with E-state index in [9.17, 15) is 4.79 Å². The van der Waals surface area contributed by atoms with Gasteiger partial charge in [0.05, 0.1) is 23.6 Å². The molecule has 0 aliphatic heterocycles. The van der Waals surface area contributed by atoms with Crippen LogP contribution in [0.1, 0.15) is 12.7 Å². The van der Waals surface area contributed by atoms with Gasteiger partial charge in [-0.25, -0.2) is 9.97 Å². The summed E-state index contributed by atoms with van der Waals surface area (Å²) >= 11 is 1.42. The number of nitrogens with zero attached hydrogens (tertiary/aromatic N) is 2. The second-order valence-corrected chi connectivity index (χ2v) is 6.87. The van der Waals surface area contributed by atoms with E-state index in [0.717, 1.165) is 15.9 Å². The molecule has 6 heteroatoms. The van der Waals surface area contributed by atoms with Crippen LogP contribution in [0.2, 0.25) is 0 Å². The Morgan fingerprint density at radius 2 is 1.84 bits per heavy atom. The Hall–Kier alpha value is -2.60. The molecule has 0 aliphatic rings. The fraction of sp³-hybridized carbons (Fsp3) is 0.211. The number of ether oxygens (including phenoxy) is 1. The summed E-state index contributed by atoms with van der Waals surface area (Å²) in [7, 11) is 1.58. The number of methoxy groups -OCH3 is 1. The molecular formula is C19H19N3O2S. The molecule has 0 saturated heterocycles. The average molecular weight is 353 g/mol. The fourth-order valence-corrected chi connectivity index (χ4v) is 3.44. The molecule has 3 aromatic rings. The second kappa shape index (κ2) is 7.53. The number of benzene rings is 2. The minimum atomic E-state index is -0.317. The number of para-hydroxylation sites is 3. The first-order valence-corrected chi connectivity index (χ1v) is 8.80. The molecule has 1 N–H and O–H groups in total. The van der Waals surface area contributed by atoms with Crippen molar-refractivity contribution in [2.45, 2.75) is 24.1 Å². The summed E-state index contributed by atoms with van der Waals surface area (Å²) in [5.41, 5.74) is 1.54. The standard InChI is InChI=1S/C19H19N3O2S/c1-12(18(23)22-16-10-6-7-11-17(16)24-3)25-19-14-8-4-5-9-15(14)20-13(2)21-19/h4-12H,1-3H3,(H,22,23). The van der Waals surface area contributed by atoms with Gasteiger partial charge in [0.1, 0.15) is 16.6 Å². The van der Waals surface area contributed by atoms with Crippen molar-refractivity contribution in [2.75, 3.05) is 12.4 Å². The third kappa shape index (κ3) is 3.91. The summed E-state index contributed by atoms with van der Waals surface area (Å²) in [5, 5.41) is 4.36. The number of anilines is 1. The van der Waals surface area contributed by atoms with Crippen molar-refractivity contribution in [3.05, 3.63) is 54.4 Å². The van der Waals surface area contributed by atoms with Crippen LogP contribution in [-0.2, 0) is 4.79 Å². The first kappa shape index (κ1) is 17.2. The SMILES string of the molecule is COc1ccccc1NC(=O)C(C)Sc1nc(C)nc2ccccc12. The smallest absolute Gasteiger partial charge is 0.237 e. The van der Waals surface area contributed by atoms with Gasteiger partial charge in [-0.3, -0.25) is 4.79 Å². The largest absolute Gasteiger partial charge is 0.495 e. The van der Waals surface area contributed by atoms with Crippen LogP contribution in [0.4, 0.5) is 5.69 Å². The van der Waals surface area contributed by atoms with E-state index in [-0.39, 0.29) is 11.2 Å². The highest BCUT2D eigenvalue weighted by molar-refractivity contribution is 8.00. The highest BCUT2D eigenvalue weighted by Crippen LogP contribution is 2.30. The molecule has 1 amide bonds. The lowest BCUT2D eigenvalue weighted by atomic mass is 10.2. The molecule has 0 fully saturated rings. The van der Waals surface area contributed by atoms with Gasteiger partial charge in [0.2, 0.25) is 5.91 Å². The van der Waals surface area contributed by atoms with Gasteiger partial charge in [0, 0.05) is 5.39 Å². The maximum absolute atomic E-state index is 12.6. The number of nitrogens with one attached hydrogen (secondary N) is 1. The zero-order valence-corrected chi connectivity index (χ0v) is 15.1. The Morgan fingerprint density at radius 3 is 2.64 bits per heavy atom. The zero-order chi connectivity index (χ0) is 17.8. The first-order valence-electron chi connectivity index (χ1n) is 7.92. The van der Waals surface area contributed by atoms with Crippen molar-refractivity contribution in [3.8, 4) is 5.75 Å². The summed E-state index contributed by atoms with van der Waals surface area (Å²) in [5.74, 6) is 1.23. The molecule has 3 rings (SSSR count). The van der Waals surface area contributed by atoms with Crippen LogP contribution in [-0.4, -0.2) is 28.2 Å². The van der Waals surface area contributed by atoms with Crippen LogP contribution in [0.15, 0.2) is 53.6 Å². The lowest BCUT2D eigenvalue weighted by Crippen LogP contribution is -2.22. The van der Waals surface area contributed by atoms with E-state index in [1.165, 1.54) is 11.8 Å². The van der Waals surface area contributed by atoms with Crippen molar-refractivity contribution in [3.63, 3.8) is 0 Å². The van der Waals surface area contributed by atoms with Gasteiger partial charge in [0.25, 0.3) is 0 Å². The number of aromatic nitrogens is 2. The molecule has 0 saturated carbocycles. The lowest BCUT2D eigenvalue weighted by Gasteiger charge is -2.14. The Bertz CT molecular complexity index is 914. The quantitative estimate of drug-likeness (QED) is 0.553. The van der Waals surface area contributed by atoms with E-state index in [0.29, 0.717) is 17.3 Å². The Labute approximate surface area is 150 Å². The molecule has 2 aromatic carbocycles. The van der Waals surface area contributed by atoms with Crippen LogP contribution in [0.25, 0.3) is 10.9 Å². The molecule has 1 atom stereocenters. The molecule has 0 spiro atoms. The van der Waals surface area contributed by atoms with E-state index in [1.54, 1.807) is 7.11 Å². The third-order valence-corrected chi connectivity index (χ3v) is 4.80. The molecule has 0 aliphatic carbocycles. The number of amides is 1. The van der Waals surface area contributed by atoms with Crippen molar-refractivity contribution in [1.82, 2.24) is 9.97 Å². The summed E-state index contributed by atoms with van der Waals surface area (Å²) < 4.78 is 5.28. The second-order valence-electron chi connectivity index (χ2n) is 5.54. The fourth-order valence-electron chi connectivity index (χ4n) is 2.45. The van der Waals surface area contributed by atoms with Crippen molar-refractivity contribution >= 4 is 34.3 Å². The van der Waals surface area contributed by atoms with Crippen molar-refractivity contribution in [1.29, 1.82) is 0 Å². The number of rotatable bonds is 5. The van der Waals surface area contributed by atoms with Crippen LogP contribution >= 0.6 is 11.8 Å². The van der Waals surface area contributed by atoms with Crippen LogP contribution in [0.3, 0.4) is 0 Å². The minimum Gasteiger partial charge on any atom is -0.495 e. The van der Waals surface area contributed by atoms with Gasteiger partial charge in [-0.2, -0.15) is 0 Å². The van der Waals surface area contributed by atoms with E-state index in [1.807, 2.05) is 62.4 Å². The van der Waals surface area contributed by atoms with Crippen molar-refractivity contribution < 1.29 is 9.53 Å². The lowest BCUT2D eigenvalue weighted by molar-refractivity contribution is -0.115. The molecule has 0 bridgehead atoms. The van der Waals surface area contributed by atoms with Gasteiger partial charge in [-0.15, -0.1) is 0 Å². The molecule has 1 aromatic heterocycles. The maximum Gasteiger partial charge on any atom is 0.237 e. The van der Waals surface area contributed by atoms with Gasteiger partial charge >= 0.3 is 0 Å². The van der Waals surface area contributed by atoms with E-state index < -0.39 is 0 Å². The highest BCUT2D eigenvalue weighted by atomic mass is 32.2. The summed E-state index contributed by atoms with van der Waals surface area (Å²) in [6, 6.07) is 15.2. The van der Waals surface area contributed by atoms with Gasteiger partial charge in [0.15, 0.2) is 0 Å². The van der Waals surface area contributed by atoms with Gasteiger partial charge in [-0.1, -0.05) is 42.1 Å². The number of aryl methyl sites for hydroxylation is 1. The van der Waals surface area contributed by atoms with E-state index in [4.69, 9.17) is 4.74 Å². The number of fused-ring (bicyclic) bond motifs is 1. The summed E-state index contributed by atoms with van der Waals surface area (Å²) in [6.45, 7) is 3.72. The predicted octanol–water partition coefficient (Wildman–Crippen LogP) is 4.07. The number of hydrogen-bond donors (Lipinski definition) is 1. The topological polar surface area (TPSA) is 64.1 Å². The Balaban J connectivity index is 1.80. The van der Waals surface area contributed by atoms with Crippen LogP contribution in [0, 0.1) is 6.92 Å². The highest BCUT2D eigenvalue weighted by Gasteiger charge is 2.18. The molecule has 1 heterocycles. The number of thioether (sulfide) groups is 1. The Kier molecular flexibility index (Phi) is 5.19. The first-order chi connectivity index (χ1) is 12.1. The summed E-state index contributed by atoms with van der Waals surface area (Å²) in [6.07, 6.45) is 0.